The van der Waals surface area contributed by atoms with Crippen molar-refractivity contribution in [2.24, 2.45) is 0 Å². The number of carbonyl (C=O) groups excluding carboxylic acids is 2. The van der Waals surface area contributed by atoms with Gasteiger partial charge in [-0.3, -0.25) is 4.79 Å². The Hall–Kier alpha value is -2.64. The van der Waals surface area contributed by atoms with Crippen molar-refractivity contribution in [1.82, 2.24) is 4.90 Å². The first kappa shape index (κ1) is 22.1. The Morgan fingerprint density at radius 2 is 1.93 bits per heavy atom. The lowest BCUT2D eigenvalue weighted by molar-refractivity contribution is -0.133. The van der Waals surface area contributed by atoms with Crippen LogP contribution in [0.4, 0.5) is 5.00 Å². The summed E-state index contributed by atoms with van der Waals surface area (Å²) < 4.78 is 10.8. The van der Waals surface area contributed by atoms with Crippen LogP contribution in [0.5, 0.6) is 0 Å². The molecule has 0 bridgehead atoms. The van der Waals surface area contributed by atoms with E-state index < -0.39 is 5.97 Å². The second kappa shape index (κ2) is 10.4. The van der Waals surface area contributed by atoms with E-state index in [4.69, 9.17) is 9.47 Å². The molecule has 3 rings (SSSR count). The summed E-state index contributed by atoms with van der Waals surface area (Å²) in [6.07, 6.45) is 0. The van der Waals surface area contributed by atoms with Gasteiger partial charge in [-0.15, -0.1) is 11.3 Å². The summed E-state index contributed by atoms with van der Waals surface area (Å²) in [5, 5.41) is 1.03. The Kier molecular flexibility index (Phi) is 7.65. The molecular formula is C23H28N2O4S. The third-order valence-electron chi connectivity index (χ3n) is 4.82. The van der Waals surface area contributed by atoms with Gasteiger partial charge in [-0.2, -0.15) is 0 Å². The largest absolute Gasteiger partial charge is 0.451 e. The molecule has 160 valence electrons. The molecule has 0 radical (unpaired) electrons. The number of ether oxygens (including phenoxy) is 2. The van der Waals surface area contributed by atoms with Crippen molar-refractivity contribution in [3.63, 3.8) is 0 Å². The lowest BCUT2D eigenvalue weighted by atomic mass is 10.1. The fourth-order valence-electron chi connectivity index (χ4n) is 3.30. The van der Waals surface area contributed by atoms with Crippen LogP contribution in [0.15, 0.2) is 48.6 Å². The summed E-state index contributed by atoms with van der Waals surface area (Å²) >= 11 is 1.40. The molecule has 0 N–H and O–H groups in total. The molecule has 1 aromatic carbocycles. The van der Waals surface area contributed by atoms with Gasteiger partial charge in [0.05, 0.1) is 18.2 Å². The molecule has 0 saturated carbocycles. The molecule has 0 aliphatic carbocycles. The number of morpholine rings is 1. The maximum absolute atomic E-state index is 12.7. The predicted molar refractivity (Wildman–Crippen MR) is 120 cm³/mol. The van der Waals surface area contributed by atoms with Crippen molar-refractivity contribution in [3.05, 3.63) is 53.4 Å². The van der Waals surface area contributed by atoms with E-state index >= 15 is 0 Å². The second-order valence-electron chi connectivity index (χ2n) is 7.24. The fraction of sp³-hybridized carbons (Fsp3) is 0.391. The van der Waals surface area contributed by atoms with Gasteiger partial charge < -0.3 is 19.3 Å². The highest BCUT2D eigenvalue weighted by molar-refractivity contribution is 7.18. The quantitative estimate of drug-likeness (QED) is 0.472. The molecule has 1 aliphatic rings. The van der Waals surface area contributed by atoms with E-state index in [0.29, 0.717) is 31.2 Å². The Balaban J connectivity index is 1.76. The van der Waals surface area contributed by atoms with Crippen LogP contribution in [0, 0.1) is 0 Å². The molecule has 30 heavy (non-hydrogen) atoms. The van der Waals surface area contributed by atoms with Crippen molar-refractivity contribution in [2.45, 2.75) is 13.8 Å². The normalized spacial score (nSPS) is 13.7. The van der Waals surface area contributed by atoms with Crippen LogP contribution in [0.3, 0.4) is 0 Å². The molecule has 2 aromatic rings. The van der Waals surface area contributed by atoms with Gasteiger partial charge >= 0.3 is 5.97 Å². The van der Waals surface area contributed by atoms with E-state index in [0.717, 1.165) is 34.8 Å². The zero-order chi connectivity index (χ0) is 21.5. The predicted octanol–water partition coefficient (Wildman–Crippen LogP) is 3.83. The van der Waals surface area contributed by atoms with Crippen LogP contribution in [-0.4, -0.2) is 62.8 Å². The van der Waals surface area contributed by atoms with Gasteiger partial charge in [0.15, 0.2) is 6.61 Å². The molecule has 6 nitrogen and oxygen atoms in total. The zero-order valence-corrected chi connectivity index (χ0v) is 18.4. The number of carbonyl (C=O) groups is 2. The van der Waals surface area contributed by atoms with E-state index in [1.807, 2.05) is 50.2 Å². The van der Waals surface area contributed by atoms with Crippen molar-refractivity contribution >= 4 is 28.2 Å². The smallest absolute Gasteiger partial charge is 0.348 e. The first-order chi connectivity index (χ1) is 14.5. The number of thiophene rings is 1. The molecule has 0 unspecified atom stereocenters. The number of hydrogen-bond donors (Lipinski definition) is 0. The average molecular weight is 429 g/mol. The van der Waals surface area contributed by atoms with E-state index in [2.05, 4.69) is 11.5 Å². The van der Waals surface area contributed by atoms with Crippen molar-refractivity contribution < 1.29 is 19.1 Å². The van der Waals surface area contributed by atoms with Crippen LogP contribution in [0.2, 0.25) is 0 Å². The van der Waals surface area contributed by atoms with Crippen LogP contribution < -0.4 is 4.90 Å². The fourth-order valence-corrected chi connectivity index (χ4v) is 4.43. The third kappa shape index (κ3) is 5.49. The molecule has 1 fully saturated rings. The molecule has 0 spiro atoms. The number of esters is 1. The topological polar surface area (TPSA) is 59.1 Å². The van der Waals surface area contributed by atoms with E-state index in [1.54, 1.807) is 4.90 Å². The summed E-state index contributed by atoms with van der Waals surface area (Å²) in [6.45, 7) is 11.2. The molecule has 7 heteroatoms. The Labute approximate surface area is 181 Å². The summed E-state index contributed by atoms with van der Waals surface area (Å²) in [4.78, 5) is 29.4. The molecule has 1 saturated heterocycles. The second-order valence-corrected chi connectivity index (χ2v) is 8.27. The maximum atomic E-state index is 12.7. The number of benzene rings is 1. The number of likely N-dealkylation sites (N-methyl/N-ethyl adjacent to an activating group) is 1. The first-order valence-electron chi connectivity index (χ1n) is 10.1. The van der Waals surface area contributed by atoms with E-state index in [9.17, 15) is 9.59 Å². The Morgan fingerprint density at radius 3 is 2.57 bits per heavy atom. The summed E-state index contributed by atoms with van der Waals surface area (Å²) in [6, 6.07) is 11.8. The average Bonchev–Trinajstić information content (AvgIpc) is 3.22. The van der Waals surface area contributed by atoms with Gasteiger partial charge in [0.25, 0.3) is 5.91 Å². The number of hydrogen-bond acceptors (Lipinski definition) is 6. The van der Waals surface area contributed by atoms with Crippen molar-refractivity contribution in [3.8, 4) is 11.1 Å². The van der Waals surface area contributed by atoms with Crippen LogP contribution in [0.1, 0.15) is 23.5 Å². The highest BCUT2D eigenvalue weighted by Crippen LogP contribution is 2.39. The SMILES string of the molecule is C=C(C)CN(CC)C(=O)COC(=O)c1cc(-c2ccccc2)c(N2CCOCC2)s1. The van der Waals surface area contributed by atoms with Gasteiger partial charge in [0, 0.05) is 31.7 Å². The monoisotopic (exact) mass is 428 g/mol. The van der Waals surface area contributed by atoms with Crippen LogP contribution in [0.25, 0.3) is 11.1 Å². The minimum Gasteiger partial charge on any atom is -0.451 e. The standard InChI is InChI=1S/C23H28N2O4S/c1-4-24(15-17(2)3)21(26)16-29-23(27)20-14-19(18-8-6-5-7-9-18)22(30-20)25-10-12-28-13-11-25/h5-9,14H,2,4,10-13,15-16H2,1,3H3. The summed E-state index contributed by atoms with van der Waals surface area (Å²) in [5.74, 6) is -0.696. The molecule has 1 aromatic heterocycles. The molecule has 1 amide bonds. The van der Waals surface area contributed by atoms with Gasteiger partial charge in [0.2, 0.25) is 0 Å². The van der Waals surface area contributed by atoms with Gasteiger partial charge in [-0.05, 0) is 25.5 Å². The van der Waals surface area contributed by atoms with Gasteiger partial charge in [-0.1, -0.05) is 42.5 Å². The Morgan fingerprint density at radius 1 is 1.23 bits per heavy atom. The van der Waals surface area contributed by atoms with E-state index in [1.165, 1.54) is 11.3 Å². The third-order valence-corrected chi connectivity index (χ3v) is 5.99. The maximum Gasteiger partial charge on any atom is 0.348 e. The summed E-state index contributed by atoms with van der Waals surface area (Å²) in [5.41, 5.74) is 2.93. The lowest BCUT2D eigenvalue weighted by Gasteiger charge is -2.28. The van der Waals surface area contributed by atoms with Crippen LogP contribution >= 0.6 is 11.3 Å². The number of anilines is 1. The highest BCUT2D eigenvalue weighted by Gasteiger charge is 2.23. The van der Waals surface area contributed by atoms with Gasteiger partial charge in [0.1, 0.15) is 4.88 Å². The van der Waals surface area contributed by atoms with Crippen LogP contribution in [-0.2, 0) is 14.3 Å². The van der Waals surface area contributed by atoms with Crippen molar-refractivity contribution in [2.75, 3.05) is 50.9 Å². The minimum absolute atomic E-state index is 0.220. The molecule has 0 atom stereocenters. The van der Waals surface area contributed by atoms with E-state index in [-0.39, 0.29) is 12.5 Å². The molecule has 1 aliphatic heterocycles. The van der Waals surface area contributed by atoms with Crippen molar-refractivity contribution in [1.29, 1.82) is 0 Å². The molecular weight excluding hydrogens is 400 g/mol. The number of amides is 1. The summed E-state index contributed by atoms with van der Waals surface area (Å²) in [7, 11) is 0. The lowest BCUT2D eigenvalue weighted by Crippen LogP contribution is -2.36. The number of rotatable bonds is 8. The van der Waals surface area contributed by atoms with Gasteiger partial charge in [-0.25, -0.2) is 4.79 Å². The minimum atomic E-state index is -0.476. The molecule has 2 heterocycles. The zero-order valence-electron chi connectivity index (χ0n) is 17.6. The highest BCUT2D eigenvalue weighted by atomic mass is 32.1. The number of nitrogens with zero attached hydrogens (tertiary/aromatic N) is 2. The Bertz CT molecular complexity index is 888. The first-order valence-corrected chi connectivity index (χ1v) is 10.9.